The molecule has 3 amide bonds. The van der Waals surface area contributed by atoms with E-state index in [1.54, 1.807) is 29.7 Å². The molecule has 38 heavy (non-hydrogen) atoms. The van der Waals surface area contributed by atoms with Crippen LogP contribution >= 0.6 is 11.3 Å². The minimum atomic E-state index is -0.579. The molecule has 2 saturated heterocycles. The zero-order valence-electron chi connectivity index (χ0n) is 21.0. The van der Waals surface area contributed by atoms with Crippen LogP contribution in [0.25, 0.3) is 20.8 Å². The van der Waals surface area contributed by atoms with E-state index in [-0.39, 0.29) is 24.1 Å². The first kappa shape index (κ1) is 24.5. The molecule has 196 valence electrons. The summed E-state index contributed by atoms with van der Waals surface area (Å²) in [7, 11) is 1.91. The van der Waals surface area contributed by atoms with Crippen molar-refractivity contribution >= 4 is 33.5 Å². The van der Waals surface area contributed by atoms with Gasteiger partial charge in [0.05, 0.1) is 40.1 Å². The molecule has 5 heterocycles. The van der Waals surface area contributed by atoms with Crippen molar-refractivity contribution < 1.29 is 18.7 Å². The monoisotopic (exact) mass is 534 g/mol. The Bertz CT molecular complexity index is 1510. The highest BCUT2D eigenvalue weighted by Crippen LogP contribution is 2.39. The number of imide groups is 1. The van der Waals surface area contributed by atoms with Gasteiger partial charge < -0.3 is 9.30 Å². The van der Waals surface area contributed by atoms with Crippen LogP contribution in [-0.2, 0) is 18.3 Å². The lowest BCUT2D eigenvalue weighted by atomic mass is 10.1. The number of hydrogen-bond donors (Lipinski definition) is 0. The topological polar surface area (TPSA) is 83.8 Å². The summed E-state index contributed by atoms with van der Waals surface area (Å²) in [5.41, 5.74) is 2.05. The molecule has 0 spiro atoms. The Morgan fingerprint density at radius 1 is 1.05 bits per heavy atom. The first-order valence-corrected chi connectivity index (χ1v) is 13.5. The van der Waals surface area contributed by atoms with Gasteiger partial charge in [0, 0.05) is 45.1 Å². The first-order chi connectivity index (χ1) is 18.5. The second-order valence-corrected chi connectivity index (χ2v) is 10.6. The summed E-state index contributed by atoms with van der Waals surface area (Å²) in [5, 5.41) is 3.71. The van der Waals surface area contributed by atoms with Gasteiger partial charge in [0.2, 0.25) is 5.91 Å². The van der Waals surface area contributed by atoms with Crippen molar-refractivity contribution in [1.82, 2.24) is 29.5 Å². The van der Waals surface area contributed by atoms with E-state index < -0.39 is 5.82 Å². The van der Waals surface area contributed by atoms with Crippen molar-refractivity contribution in [3.63, 3.8) is 0 Å². The zero-order chi connectivity index (χ0) is 26.2. The minimum absolute atomic E-state index is 0.0509. The fourth-order valence-corrected chi connectivity index (χ4v) is 5.95. The number of benzene rings is 1. The molecule has 1 aromatic carbocycles. The number of thiophene rings is 1. The first-order valence-electron chi connectivity index (χ1n) is 12.7. The zero-order valence-corrected chi connectivity index (χ0v) is 21.8. The third-order valence-corrected chi connectivity index (χ3v) is 8.03. The van der Waals surface area contributed by atoms with Crippen molar-refractivity contribution in [2.75, 3.05) is 26.2 Å². The average molecular weight is 535 g/mol. The molecule has 0 saturated carbocycles. The number of ether oxygens (including phenoxy) is 1. The fraction of sp³-hybridized carbons (Fsp3) is 0.333. The van der Waals surface area contributed by atoms with Crippen LogP contribution in [0.4, 0.5) is 9.18 Å². The van der Waals surface area contributed by atoms with E-state index in [2.05, 4.69) is 9.97 Å². The van der Waals surface area contributed by atoms with Gasteiger partial charge in [-0.25, -0.2) is 19.2 Å². The molecule has 0 aliphatic carbocycles. The van der Waals surface area contributed by atoms with Gasteiger partial charge in [-0.15, -0.1) is 11.3 Å². The Morgan fingerprint density at radius 2 is 1.89 bits per heavy atom. The number of fused-ring (bicyclic) bond motifs is 1. The maximum atomic E-state index is 15.1. The van der Waals surface area contributed by atoms with Crippen LogP contribution in [0.3, 0.4) is 0 Å². The summed E-state index contributed by atoms with van der Waals surface area (Å²) in [5.74, 6) is -0.371. The van der Waals surface area contributed by atoms with Crippen LogP contribution in [0.2, 0.25) is 0 Å². The van der Waals surface area contributed by atoms with Crippen molar-refractivity contribution in [3.05, 3.63) is 60.4 Å². The quantitative estimate of drug-likeness (QED) is 0.352. The molecule has 9 nitrogen and oxygen atoms in total. The molecule has 0 radical (unpaired) electrons. The number of imidazole rings is 1. The Balaban J connectivity index is 1.15. The molecule has 2 aliphatic heterocycles. The third-order valence-electron chi connectivity index (χ3n) is 6.87. The van der Waals surface area contributed by atoms with Gasteiger partial charge in [0.15, 0.2) is 11.6 Å². The fourth-order valence-electron chi connectivity index (χ4n) is 4.92. The molecule has 6 rings (SSSR count). The molecular formula is C27H27FN6O3S. The van der Waals surface area contributed by atoms with E-state index in [4.69, 9.17) is 4.74 Å². The SMILES string of the molecule is Cn1cnc(-c2cc3nccc(Oc4ccc(CC(=O)N5CCN(N6CCCCC6)C5=O)cc4F)c3s2)c1. The van der Waals surface area contributed by atoms with Crippen molar-refractivity contribution in [2.24, 2.45) is 7.05 Å². The number of amides is 3. The predicted molar refractivity (Wildman–Crippen MR) is 141 cm³/mol. The molecule has 2 aliphatic rings. The van der Waals surface area contributed by atoms with E-state index in [1.807, 2.05) is 28.9 Å². The Kier molecular flexibility index (Phi) is 6.54. The van der Waals surface area contributed by atoms with Gasteiger partial charge in [-0.3, -0.25) is 19.7 Å². The number of hydrazine groups is 1. The Morgan fingerprint density at radius 3 is 2.66 bits per heavy atom. The van der Waals surface area contributed by atoms with E-state index in [9.17, 15) is 9.59 Å². The highest BCUT2D eigenvalue weighted by molar-refractivity contribution is 7.22. The standard InChI is InChI=1S/C27H27FN6O3S/c1-31-16-21(30-17-31)24-15-20-26(38-24)23(7-8-29-20)37-22-6-5-18(13-19(22)28)14-25(35)33-11-12-34(27(33)36)32-9-3-2-4-10-32/h5-8,13,15-17H,2-4,9-12,14H2,1H3. The Hall–Kier alpha value is -3.83. The number of carbonyl (C=O) groups excluding carboxylic acids is 2. The number of pyridine rings is 1. The molecule has 0 N–H and O–H groups in total. The number of halogens is 1. The van der Waals surface area contributed by atoms with Gasteiger partial charge in [0.1, 0.15) is 5.75 Å². The lowest BCUT2D eigenvalue weighted by Gasteiger charge is -2.34. The van der Waals surface area contributed by atoms with Crippen LogP contribution in [0.15, 0.2) is 49.1 Å². The number of urea groups is 1. The largest absolute Gasteiger partial charge is 0.453 e. The number of nitrogens with zero attached hydrogens (tertiary/aromatic N) is 6. The summed E-state index contributed by atoms with van der Waals surface area (Å²) in [6.45, 7) is 2.51. The van der Waals surface area contributed by atoms with E-state index in [0.29, 0.717) is 24.4 Å². The maximum Gasteiger partial charge on any atom is 0.341 e. The highest BCUT2D eigenvalue weighted by Gasteiger charge is 2.36. The highest BCUT2D eigenvalue weighted by atomic mass is 32.1. The number of aryl methyl sites for hydroxylation is 1. The minimum Gasteiger partial charge on any atom is -0.453 e. The molecule has 4 aromatic rings. The number of carbonyl (C=O) groups is 2. The third kappa shape index (κ3) is 4.74. The summed E-state index contributed by atoms with van der Waals surface area (Å²) >= 11 is 1.48. The molecule has 3 aromatic heterocycles. The summed E-state index contributed by atoms with van der Waals surface area (Å²) in [6.07, 6.45) is 8.48. The van der Waals surface area contributed by atoms with E-state index >= 15 is 4.39 Å². The number of aromatic nitrogens is 3. The lowest BCUT2D eigenvalue weighted by Crippen LogP contribution is -2.48. The molecule has 0 bridgehead atoms. The summed E-state index contributed by atoms with van der Waals surface area (Å²) in [6, 6.07) is 7.81. The Labute approximate surface area is 223 Å². The maximum absolute atomic E-state index is 15.1. The van der Waals surface area contributed by atoms with Gasteiger partial charge >= 0.3 is 6.03 Å². The number of hydrogen-bond acceptors (Lipinski definition) is 7. The van der Waals surface area contributed by atoms with Gasteiger partial charge in [-0.1, -0.05) is 12.5 Å². The number of piperidine rings is 1. The summed E-state index contributed by atoms with van der Waals surface area (Å²) < 4.78 is 23.7. The lowest BCUT2D eigenvalue weighted by molar-refractivity contribution is -0.127. The van der Waals surface area contributed by atoms with Crippen LogP contribution < -0.4 is 4.74 Å². The van der Waals surface area contributed by atoms with E-state index in [0.717, 1.165) is 53.1 Å². The second kappa shape index (κ2) is 10.1. The molecule has 0 unspecified atom stereocenters. The van der Waals surface area contributed by atoms with Gasteiger partial charge in [-0.2, -0.15) is 0 Å². The summed E-state index contributed by atoms with van der Waals surface area (Å²) in [4.78, 5) is 36.8. The smallest absolute Gasteiger partial charge is 0.341 e. The van der Waals surface area contributed by atoms with Crippen molar-refractivity contribution in [1.29, 1.82) is 0 Å². The average Bonchev–Trinajstić information content (AvgIpc) is 3.64. The normalized spacial score (nSPS) is 16.5. The molecule has 0 atom stereocenters. The molecule has 2 fully saturated rings. The second-order valence-electron chi connectivity index (χ2n) is 9.57. The van der Waals surface area contributed by atoms with Crippen molar-refractivity contribution in [3.8, 4) is 22.1 Å². The van der Waals surface area contributed by atoms with Crippen LogP contribution in [0, 0.1) is 5.82 Å². The van der Waals surface area contributed by atoms with E-state index in [1.165, 1.54) is 28.4 Å². The van der Waals surface area contributed by atoms with Gasteiger partial charge in [-0.05, 0) is 36.6 Å². The molecule has 11 heteroatoms. The van der Waals surface area contributed by atoms with Crippen molar-refractivity contribution in [2.45, 2.75) is 25.7 Å². The predicted octanol–water partition coefficient (Wildman–Crippen LogP) is 4.84. The van der Waals surface area contributed by atoms with Crippen LogP contribution in [0.1, 0.15) is 24.8 Å². The van der Waals surface area contributed by atoms with Crippen LogP contribution in [-0.4, -0.2) is 67.6 Å². The van der Waals surface area contributed by atoms with Crippen LogP contribution in [0.5, 0.6) is 11.5 Å². The molecular weight excluding hydrogens is 507 g/mol. The van der Waals surface area contributed by atoms with Gasteiger partial charge in [0.25, 0.3) is 0 Å². The number of rotatable bonds is 6.